The van der Waals surface area contributed by atoms with E-state index in [0.717, 1.165) is 12.8 Å². The Morgan fingerprint density at radius 2 is 2.27 bits per heavy atom. The zero-order valence-electron chi connectivity index (χ0n) is 6.95. The lowest BCUT2D eigenvalue weighted by molar-refractivity contribution is 0.278. The maximum Gasteiger partial charge on any atom is 0.159 e. The third-order valence-electron chi connectivity index (χ3n) is 1.42. The zero-order valence-corrected chi connectivity index (χ0v) is 6.95. The lowest BCUT2D eigenvalue weighted by atomic mass is 10.2. The Hall–Kier alpha value is -0.810. The second-order valence-electron chi connectivity index (χ2n) is 2.50. The number of allylic oxidation sites excluding steroid dienone is 1. The molecule has 0 fully saturated rings. The van der Waals surface area contributed by atoms with Crippen LogP contribution in [0.1, 0.15) is 32.6 Å². The minimum Gasteiger partial charge on any atom is -0.374 e. The molecule has 0 saturated heterocycles. The van der Waals surface area contributed by atoms with Gasteiger partial charge in [-0.25, -0.2) is 0 Å². The van der Waals surface area contributed by atoms with Gasteiger partial charge in [0.15, 0.2) is 6.10 Å². The molecule has 1 N–H and O–H groups in total. The quantitative estimate of drug-likeness (QED) is 0.373. The molecule has 1 atom stereocenters. The molecular weight excluding hydrogens is 138 g/mol. The van der Waals surface area contributed by atoms with Crippen LogP contribution in [-0.4, -0.2) is 11.2 Å². The van der Waals surface area contributed by atoms with Crippen molar-refractivity contribution in [3.63, 3.8) is 0 Å². The largest absolute Gasteiger partial charge is 0.374 e. The topological polar surface area (TPSA) is 44.0 Å². The van der Waals surface area contributed by atoms with Gasteiger partial charge in [-0.3, -0.25) is 0 Å². The molecule has 0 spiro atoms. The van der Waals surface area contributed by atoms with Gasteiger partial charge in [0.1, 0.15) is 0 Å². The van der Waals surface area contributed by atoms with Crippen LogP contribution >= 0.6 is 0 Å². The first-order valence-corrected chi connectivity index (χ1v) is 4.05. The second-order valence-corrected chi connectivity index (χ2v) is 2.50. The Kier molecular flexibility index (Phi) is 6.76. The normalized spacial score (nSPS) is 13.2. The summed E-state index contributed by atoms with van der Waals surface area (Å²) >= 11 is 0. The molecule has 2 nitrogen and oxygen atoms in total. The molecule has 0 aromatic rings. The summed E-state index contributed by atoms with van der Waals surface area (Å²) in [6.45, 7) is 2.15. The van der Waals surface area contributed by atoms with Crippen molar-refractivity contribution in [3.05, 3.63) is 12.2 Å². The molecule has 0 heterocycles. The summed E-state index contributed by atoms with van der Waals surface area (Å²) in [6.07, 6.45) is 7.01. The summed E-state index contributed by atoms with van der Waals surface area (Å²) in [4.78, 5) is 0. The van der Waals surface area contributed by atoms with Gasteiger partial charge in [0.05, 0.1) is 6.07 Å². The van der Waals surface area contributed by atoms with Crippen molar-refractivity contribution in [3.8, 4) is 6.07 Å². The van der Waals surface area contributed by atoms with Gasteiger partial charge in [-0.15, -0.1) is 0 Å². The first kappa shape index (κ1) is 10.2. The van der Waals surface area contributed by atoms with E-state index in [9.17, 15) is 0 Å². The number of hydrogen-bond donors (Lipinski definition) is 1. The van der Waals surface area contributed by atoms with Crippen molar-refractivity contribution >= 4 is 0 Å². The molecule has 0 bridgehead atoms. The van der Waals surface area contributed by atoms with E-state index < -0.39 is 6.10 Å². The van der Waals surface area contributed by atoms with E-state index in [2.05, 4.69) is 6.92 Å². The van der Waals surface area contributed by atoms with Gasteiger partial charge < -0.3 is 5.11 Å². The van der Waals surface area contributed by atoms with Crippen LogP contribution < -0.4 is 0 Å². The smallest absolute Gasteiger partial charge is 0.159 e. The Morgan fingerprint density at radius 3 is 2.82 bits per heavy atom. The van der Waals surface area contributed by atoms with Crippen LogP contribution in [0.3, 0.4) is 0 Å². The van der Waals surface area contributed by atoms with Crippen LogP contribution in [0.15, 0.2) is 12.2 Å². The Morgan fingerprint density at radius 1 is 1.55 bits per heavy atom. The molecule has 0 unspecified atom stereocenters. The second kappa shape index (κ2) is 7.30. The maximum absolute atomic E-state index is 8.77. The zero-order chi connectivity index (χ0) is 8.53. The fourth-order valence-corrected chi connectivity index (χ4v) is 0.780. The number of aliphatic hydroxyl groups is 1. The summed E-state index contributed by atoms with van der Waals surface area (Å²) < 4.78 is 0. The first-order chi connectivity index (χ1) is 5.31. The average Bonchev–Trinajstić information content (AvgIpc) is 2.04. The lowest BCUT2D eigenvalue weighted by Crippen LogP contribution is -1.95. The predicted octanol–water partition coefficient (Wildman–Crippen LogP) is 2.01. The molecule has 0 aromatic heterocycles. The standard InChI is InChI=1S/C9H15NO/c1-2-3-4-5-6-7-9(11)8-10/h6-7,9,11H,2-5H2,1H3/b7-6+/t9-/m0/s1. The maximum atomic E-state index is 8.77. The van der Waals surface area contributed by atoms with Crippen molar-refractivity contribution in [2.24, 2.45) is 0 Å². The molecule has 0 radical (unpaired) electrons. The molecule has 0 aliphatic heterocycles. The number of nitrogens with zero attached hydrogens (tertiary/aromatic N) is 1. The molecular formula is C9H15NO. The first-order valence-electron chi connectivity index (χ1n) is 4.05. The van der Waals surface area contributed by atoms with Crippen LogP contribution in [0.25, 0.3) is 0 Å². The Balaban J connectivity index is 3.24. The molecule has 0 amide bonds. The summed E-state index contributed by atoms with van der Waals surface area (Å²) in [5, 5.41) is 17.0. The summed E-state index contributed by atoms with van der Waals surface area (Å²) in [5.41, 5.74) is 0. The van der Waals surface area contributed by atoms with Crippen molar-refractivity contribution in [2.75, 3.05) is 0 Å². The van der Waals surface area contributed by atoms with Gasteiger partial charge in [0.25, 0.3) is 0 Å². The van der Waals surface area contributed by atoms with Crippen molar-refractivity contribution in [2.45, 2.75) is 38.7 Å². The van der Waals surface area contributed by atoms with E-state index in [1.807, 2.05) is 6.08 Å². The number of aliphatic hydroxyl groups excluding tert-OH is 1. The van der Waals surface area contributed by atoms with Crippen molar-refractivity contribution in [1.82, 2.24) is 0 Å². The highest BCUT2D eigenvalue weighted by molar-refractivity contribution is 5.00. The highest BCUT2D eigenvalue weighted by Crippen LogP contribution is 1.99. The predicted molar refractivity (Wildman–Crippen MR) is 44.9 cm³/mol. The van der Waals surface area contributed by atoms with Gasteiger partial charge in [-0.05, 0) is 18.9 Å². The Bertz CT molecular complexity index is 146. The van der Waals surface area contributed by atoms with Crippen LogP contribution in [0.2, 0.25) is 0 Å². The molecule has 0 saturated carbocycles. The fourth-order valence-electron chi connectivity index (χ4n) is 0.780. The van der Waals surface area contributed by atoms with E-state index in [0.29, 0.717) is 0 Å². The number of hydrogen-bond acceptors (Lipinski definition) is 2. The van der Waals surface area contributed by atoms with Crippen LogP contribution in [0.5, 0.6) is 0 Å². The average molecular weight is 153 g/mol. The lowest BCUT2D eigenvalue weighted by Gasteiger charge is -1.92. The molecule has 0 aliphatic rings. The Labute approximate surface area is 68.2 Å². The fraction of sp³-hybridized carbons (Fsp3) is 0.667. The minimum absolute atomic E-state index is 0.920. The van der Waals surface area contributed by atoms with E-state index in [4.69, 9.17) is 10.4 Å². The van der Waals surface area contributed by atoms with Gasteiger partial charge in [-0.1, -0.05) is 25.8 Å². The van der Waals surface area contributed by atoms with E-state index >= 15 is 0 Å². The number of rotatable bonds is 5. The number of nitriles is 1. The molecule has 62 valence electrons. The van der Waals surface area contributed by atoms with Gasteiger partial charge in [0, 0.05) is 0 Å². The van der Waals surface area contributed by atoms with Crippen molar-refractivity contribution < 1.29 is 5.11 Å². The molecule has 0 aliphatic carbocycles. The summed E-state index contributed by atoms with van der Waals surface area (Å²) in [7, 11) is 0. The van der Waals surface area contributed by atoms with Crippen molar-refractivity contribution in [1.29, 1.82) is 5.26 Å². The van der Waals surface area contributed by atoms with Gasteiger partial charge in [-0.2, -0.15) is 5.26 Å². The van der Waals surface area contributed by atoms with Gasteiger partial charge in [0.2, 0.25) is 0 Å². The van der Waals surface area contributed by atoms with E-state index in [1.54, 1.807) is 6.07 Å². The van der Waals surface area contributed by atoms with Gasteiger partial charge >= 0.3 is 0 Å². The van der Waals surface area contributed by atoms with Crippen LogP contribution in [0.4, 0.5) is 0 Å². The summed E-state index contributed by atoms with van der Waals surface area (Å²) in [5.74, 6) is 0. The highest BCUT2D eigenvalue weighted by Gasteiger charge is 1.90. The monoisotopic (exact) mass is 153 g/mol. The third-order valence-corrected chi connectivity index (χ3v) is 1.42. The molecule has 11 heavy (non-hydrogen) atoms. The molecule has 2 heteroatoms. The number of unbranched alkanes of at least 4 members (excludes halogenated alkanes) is 3. The third kappa shape index (κ3) is 7.08. The molecule has 0 rings (SSSR count). The highest BCUT2D eigenvalue weighted by atomic mass is 16.3. The minimum atomic E-state index is -0.920. The SMILES string of the molecule is CCCCC/C=C/[C@H](O)C#N. The van der Waals surface area contributed by atoms with Crippen LogP contribution in [0, 0.1) is 11.3 Å². The van der Waals surface area contributed by atoms with Crippen LogP contribution in [-0.2, 0) is 0 Å². The van der Waals surface area contributed by atoms with E-state index in [1.165, 1.54) is 18.9 Å². The molecule has 0 aromatic carbocycles. The van der Waals surface area contributed by atoms with E-state index in [-0.39, 0.29) is 0 Å². The summed E-state index contributed by atoms with van der Waals surface area (Å²) in [6, 6.07) is 1.72.